The molecule has 1 N–H and O–H groups in total. The molecule has 0 spiro atoms. The van der Waals surface area contributed by atoms with Gasteiger partial charge in [-0.15, -0.1) is 0 Å². The van der Waals surface area contributed by atoms with E-state index in [9.17, 15) is 9.59 Å². The van der Waals surface area contributed by atoms with Crippen LogP contribution in [-0.4, -0.2) is 36.2 Å². The van der Waals surface area contributed by atoms with E-state index in [-0.39, 0.29) is 11.9 Å². The molecule has 5 nitrogen and oxygen atoms in total. The molecule has 1 fully saturated rings. The molecule has 152 valence electrons. The summed E-state index contributed by atoms with van der Waals surface area (Å²) in [5, 5.41) is 2.32. The Labute approximate surface area is 160 Å². The summed E-state index contributed by atoms with van der Waals surface area (Å²) in [4.78, 5) is 24.9. The monoisotopic (exact) mass is 368 g/mol. The summed E-state index contributed by atoms with van der Waals surface area (Å²) in [5.74, 6) is -0.331. The highest BCUT2D eigenvalue weighted by Crippen LogP contribution is 2.15. The summed E-state index contributed by atoms with van der Waals surface area (Å²) in [7, 11) is 0. The van der Waals surface area contributed by atoms with E-state index >= 15 is 0 Å². The Bertz CT molecular complexity index is 387. The third-order valence-electron chi connectivity index (χ3n) is 5.08. The van der Waals surface area contributed by atoms with Gasteiger partial charge in [-0.2, -0.15) is 0 Å². The first-order valence-corrected chi connectivity index (χ1v) is 10.9. The molecule has 0 aromatic carbocycles. The van der Waals surface area contributed by atoms with E-state index < -0.39 is 6.23 Å². The quantitative estimate of drug-likeness (QED) is 0.277. The van der Waals surface area contributed by atoms with Gasteiger partial charge in [-0.1, -0.05) is 90.4 Å². The van der Waals surface area contributed by atoms with Crippen LogP contribution in [0.5, 0.6) is 0 Å². The molecule has 0 radical (unpaired) electrons. The van der Waals surface area contributed by atoms with Crippen molar-refractivity contribution in [2.24, 2.45) is 0 Å². The minimum Gasteiger partial charge on any atom is -0.350 e. The molecule has 0 aliphatic carbocycles. The van der Waals surface area contributed by atoms with E-state index in [0.29, 0.717) is 13.2 Å². The van der Waals surface area contributed by atoms with Crippen molar-refractivity contribution in [1.29, 1.82) is 0 Å². The Morgan fingerprint density at radius 2 is 1.23 bits per heavy atom. The Morgan fingerprint density at radius 3 is 1.69 bits per heavy atom. The minimum atomic E-state index is -0.727. The molecule has 1 unspecified atom stereocenters. The van der Waals surface area contributed by atoms with Gasteiger partial charge in [0.25, 0.3) is 5.91 Å². The third-order valence-corrected chi connectivity index (χ3v) is 5.08. The third kappa shape index (κ3) is 9.56. The number of nitrogens with zero attached hydrogens (tertiary/aromatic N) is 1. The maximum Gasteiger partial charge on any atom is 0.326 e. The number of amides is 3. The van der Waals surface area contributed by atoms with Crippen LogP contribution in [0.2, 0.25) is 0 Å². The zero-order valence-electron chi connectivity index (χ0n) is 17.1. The first-order chi connectivity index (χ1) is 12.7. The number of unbranched alkanes of at least 4 members (excludes halogenated alkanes) is 13. The van der Waals surface area contributed by atoms with Crippen LogP contribution in [0.15, 0.2) is 0 Å². The molecule has 3 amide bonds. The smallest absolute Gasteiger partial charge is 0.326 e. The molecule has 0 aromatic heterocycles. The van der Waals surface area contributed by atoms with Crippen molar-refractivity contribution in [2.75, 3.05) is 13.2 Å². The summed E-state index contributed by atoms with van der Waals surface area (Å²) in [5.41, 5.74) is 0. The number of ether oxygens (including phenoxy) is 1. The molecule has 26 heavy (non-hydrogen) atoms. The summed E-state index contributed by atoms with van der Waals surface area (Å²) < 4.78 is 5.36. The Hall–Kier alpha value is -1.10. The average Bonchev–Trinajstić information content (AvgIpc) is 2.89. The fourth-order valence-electron chi connectivity index (χ4n) is 3.51. The zero-order chi connectivity index (χ0) is 19.0. The molecule has 1 saturated heterocycles. The topological polar surface area (TPSA) is 58.6 Å². The average molecular weight is 369 g/mol. The van der Waals surface area contributed by atoms with Crippen molar-refractivity contribution in [3.8, 4) is 0 Å². The second-order valence-electron chi connectivity index (χ2n) is 7.39. The van der Waals surface area contributed by atoms with Crippen LogP contribution < -0.4 is 5.32 Å². The van der Waals surface area contributed by atoms with E-state index in [1.807, 2.05) is 6.92 Å². The predicted molar refractivity (Wildman–Crippen MR) is 106 cm³/mol. The highest BCUT2D eigenvalue weighted by Gasteiger charge is 2.38. The Balaban J connectivity index is 1.90. The molecule has 1 atom stereocenters. The van der Waals surface area contributed by atoms with Crippen molar-refractivity contribution in [3.63, 3.8) is 0 Å². The van der Waals surface area contributed by atoms with Gasteiger partial charge >= 0.3 is 6.03 Å². The second-order valence-corrected chi connectivity index (χ2v) is 7.39. The number of urea groups is 1. The molecular weight excluding hydrogens is 328 g/mol. The lowest BCUT2D eigenvalue weighted by molar-refractivity contribution is -0.135. The molecule has 1 aliphatic rings. The van der Waals surface area contributed by atoms with Crippen molar-refractivity contribution in [1.82, 2.24) is 10.2 Å². The second kappa shape index (κ2) is 15.0. The molecule has 0 aromatic rings. The van der Waals surface area contributed by atoms with Gasteiger partial charge in [-0.3, -0.25) is 15.0 Å². The number of rotatable bonds is 17. The minimum absolute atomic E-state index is 0.317. The van der Waals surface area contributed by atoms with Crippen molar-refractivity contribution >= 4 is 11.9 Å². The summed E-state index contributed by atoms with van der Waals surface area (Å²) in [6.07, 6.45) is 17.6. The number of carbonyl (C=O) groups is 2. The lowest BCUT2D eigenvalue weighted by atomic mass is 10.0. The highest BCUT2D eigenvalue weighted by atomic mass is 16.5. The SMILES string of the molecule is CCCCCCCCCCCCCCCCN1C(=O)NC(=O)C1OCC. The van der Waals surface area contributed by atoms with Crippen LogP contribution in [0.4, 0.5) is 4.79 Å². The lowest BCUT2D eigenvalue weighted by Gasteiger charge is -2.21. The summed E-state index contributed by atoms with van der Waals surface area (Å²) in [6.45, 7) is 5.13. The fraction of sp³-hybridized carbons (Fsp3) is 0.905. The first-order valence-electron chi connectivity index (χ1n) is 10.9. The largest absolute Gasteiger partial charge is 0.350 e. The molecule has 1 heterocycles. The Kier molecular flexibility index (Phi) is 13.2. The fourth-order valence-corrected chi connectivity index (χ4v) is 3.51. The molecule has 1 rings (SSSR count). The van der Waals surface area contributed by atoms with E-state index in [0.717, 1.165) is 12.8 Å². The molecule has 0 saturated carbocycles. The van der Waals surface area contributed by atoms with Gasteiger partial charge in [0, 0.05) is 13.2 Å². The molecule has 1 aliphatic heterocycles. The summed E-state index contributed by atoms with van der Waals surface area (Å²) in [6, 6.07) is -0.317. The number of hydrogen-bond acceptors (Lipinski definition) is 3. The molecule has 5 heteroatoms. The van der Waals surface area contributed by atoms with Crippen molar-refractivity contribution < 1.29 is 14.3 Å². The van der Waals surface area contributed by atoms with Crippen LogP contribution in [0.25, 0.3) is 0 Å². The molecular formula is C21H40N2O3. The van der Waals surface area contributed by atoms with Gasteiger partial charge in [0.2, 0.25) is 6.23 Å². The van der Waals surface area contributed by atoms with E-state index in [1.165, 1.54) is 81.9 Å². The van der Waals surface area contributed by atoms with Gasteiger partial charge in [-0.05, 0) is 13.3 Å². The van der Waals surface area contributed by atoms with Crippen molar-refractivity contribution in [3.05, 3.63) is 0 Å². The predicted octanol–water partition coefficient (Wildman–Crippen LogP) is 5.38. The van der Waals surface area contributed by atoms with Crippen LogP contribution in [0.3, 0.4) is 0 Å². The van der Waals surface area contributed by atoms with Gasteiger partial charge in [0.15, 0.2) is 0 Å². The number of hydrogen-bond donors (Lipinski definition) is 1. The van der Waals surface area contributed by atoms with E-state index in [2.05, 4.69) is 12.2 Å². The maximum absolute atomic E-state index is 11.7. The van der Waals surface area contributed by atoms with Gasteiger partial charge in [0.1, 0.15) is 0 Å². The van der Waals surface area contributed by atoms with Gasteiger partial charge in [-0.25, -0.2) is 4.79 Å². The number of nitrogens with one attached hydrogen (secondary N) is 1. The summed E-state index contributed by atoms with van der Waals surface area (Å²) >= 11 is 0. The van der Waals surface area contributed by atoms with Gasteiger partial charge < -0.3 is 4.74 Å². The lowest BCUT2D eigenvalue weighted by Crippen LogP contribution is -2.37. The highest BCUT2D eigenvalue weighted by molar-refractivity contribution is 6.03. The Morgan fingerprint density at radius 1 is 0.769 bits per heavy atom. The van der Waals surface area contributed by atoms with E-state index in [4.69, 9.17) is 4.74 Å². The molecule has 0 bridgehead atoms. The number of imide groups is 1. The van der Waals surface area contributed by atoms with Crippen LogP contribution in [-0.2, 0) is 9.53 Å². The van der Waals surface area contributed by atoms with Crippen LogP contribution in [0, 0.1) is 0 Å². The maximum atomic E-state index is 11.7. The normalized spacial score (nSPS) is 17.2. The standard InChI is InChI=1S/C21H40N2O3/c1-3-5-6-7-8-9-10-11-12-13-14-15-16-17-18-23-20(26-4-2)19(24)22-21(23)25/h20H,3-18H2,1-2H3,(H,22,24,25). The zero-order valence-corrected chi connectivity index (χ0v) is 17.1. The van der Waals surface area contributed by atoms with Crippen LogP contribution >= 0.6 is 0 Å². The number of carbonyl (C=O) groups excluding carboxylic acids is 2. The van der Waals surface area contributed by atoms with Crippen molar-refractivity contribution in [2.45, 2.75) is 110 Å². The van der Waals surface area contributed by atoms with E-state index in [1.54, 1.807) is 0 Å². The first kappa shape index (κ1) is 22.9. The van der Waals surface area contributed by atoms with Gasteiger partial charge in [0.05, 0.1) is 0 Å². The van der Waals surface area contributed by atoms with Crippen LogP contribution in [0.1, 0.15) is 104 Å².